The second-order valence-electron chi connectivity index (χ2n) is 5.00. The molecule has 1 N–H and O–H groups in total. The van der Waals surface area contributed by atoms with Crippen LogP contribution >= 0.6 is 0 Å². The van der Waals surface area contributed by atoms with Crippen molar-refractivity contribution in [2.45, 2.75) is 34.1 Å². The predicted molar refractivity (Wildman–Crippen MR) is 84.7 cm³/mol. The van der Waals surface area contributed by atoms with E-state index in [0.29, 0.717) is 24.4 Å². The van der Waals surface area contributed by atoms with Crippen molar-refractivity contribution < 1.29 is 4.74 Å². The van der Waals surface area contributed by atoms with E-state index in [1.54, 1.807) is 0 Å². The molecule has 1 aromatic heterocycles. The Bertz CT molecular complexity index is 593. The van der Waals surface area contributed by atoms with Crippen molar-refractivity contribution in [3.8, 4) is 17.4 Å². The number of anilines is 1. The zero-order valence-electron chi connectivity index (χ0n) is 13.1. The summed E-state index contributed by atoms with van der Waals surface area (Å²) in [6.07, 6.45) is 1.01. The van der Waals surface area contributed by atoms with Gasteiger partial charge in [-0.1, -0.05) is 24.1 Å². The SMILES string of the molecule is CCCNc1nc(OCC)nc(-c2cc(C)cc(C)c2)n1. The highest BCUT2D eigenvalue weighted by molar-refractivity contribution is 5.59. The van der Waals surface area contributed by atoms with Gasteiger partial charge in [0.1, 0.15) is 0 Å². The molecule has 0 aliphatic rings. The Kier molecular flexibility index (Phi) is 5.09. The molecular formula is C16H22N4O. The highest BCUT2D eigenvalue weighted by Crippen LogP contribution is 2.21. The summed E-state index contributed by atoms with van der Waals surface area (Å²) >= 11 is 0. The fourth-order valence-electron chi connectivity index (χ4n) is 2.10. The van der Waals surface area contributed by atoms with Gasteiger partial charge < -0.3 is 10.1 Å². The molecule has 0 atom stereocenters. The molecular weight excluding hydrogens is 264 g/mol. The van der Waals surface area contributed by atoms with Gasteiger partial charge in [-0.05, 0) is 39.3 Å². The van der Waals surface area contributed by atoms with Gasteiger partial charge in [0.15, 0.2) is 5.82 Å². The van der Waals surface area contributed by atoms with Crippen LogP contribution in [0.25, 0.3) is 11.4 Å². The number of aromatic nitrogens is 3. The quantitative estimate of drug-likeness (QED) is 0.882. The highest BCUT2D eigenvalue weighted by Gasteiger charge is 2.10. The third kappa shape index (κ3) is 4.15. The molecule has 1 heterocycles. The average Bonchev–Trinajstić information content (AvgIpc) is 2.44. The summed E-state index contributed by atoms with van der Waals surface area (Å²) in [5.41, 5.74) is 3.35. The average molecular weight is 286 g/mol. The Balaban J connectivity index is 2.42. The fraction of sp³-hybridized carbons (Fsp3) is 0.438. The summed E-state index contributed by atoms with van der Waals surface area (Å²) in [7, 11) is 0. The van der Waals surface area contributed by atoms with Crippen LogP contribution in [0.15, 0.2) is 18.2 Å². The molecule has 2 aromatic rings. The topological polar surface area (TPSA) is 59.9 Å². The first kappa shape index (κ1) is 15.2. The van der Waals surface area contributed by atoms with Crippen LogP contribution in [-0.2, 0) is 0 Å². The van der Waals surface area contributed by atoms with Crippen molar-refractivity contribution >= 4 is 5.95 Å². The van der Waals surface area contributed by atoms with Gasteiger partial charge in [0.05, 0.1) is 6.61 Å². The van der Waals surface area contributed by atoms with Crippen LogP contribution in [0, 0.1) is 13.8 Å². The number of ether oxygens (including phenoxy) is 1. The maximum atomic E-state index is 5.45. The molecule has 1 aromatic carbocycles. The van der Waals surface area contributed by atoms with Gasteiger partial charge in [-0.15, -0.1) is 0 Å². The Morgan fingerprint density at radius 2 is 1.71 bits per heavy atom. The molecule has 0 unspecified atom stereocenters. The lowest BCUT2D eigenvalue weighted by molar-refractivity contribution is 0.312. The van der Waals surface area contributed by atoms with Crippen molar-refractivity contribution in [3.05, 3.63) is 29.3 Å². The van der Waals surface area contributed by atoms with Gasteiger partial charge in [0.2, 0.25) is 5.95 Å². The second kappa shape index (κ2) is 7.02. The van der Waals surface area contributed by atoms with Crippen LogP contribution in [0.2, 0.25) is 0 Å². The minimum absolute atomic E-state index is 0.361. The zero-order chi connectivity index (χ0) is 15.2. The van der Waals surface area contributed by atoms with E-state index in [2.05, 4.69) is 59.2 Å². The van der Waals surface area contributed by atoms with E-state index in [-0.39, 0.29) is 0 Å². The Labute approximate surface area is 125 Å². The molecule has 0 saturated heterocycles. The third-order valence-electron chi connectivity index (χ3n) is 2.90. The van der Waals surface area contributed by atoms with Gasteiger partial charge in [-0.2, -0.15) is 15.0 Å². The second-order valence-corrected chi connectivity index (χ2v) is 5.00. The van der Waals surface area contributed by atoms with Crippen LogP contribution in [0.1, 0.15) is 31.4 Å². The van der Waals surface area contributed by atoms with Gasteiger partial charge in [0, 0.05) is 12.1 Å². The minimum Gasteiger partial charge on any atom is -0.464 e. The van der Waals surface area contributed by atoms with Crippen LogP contribution in [-0.4, -0.2) is 28.1 Å². The molecule has 0 fully saturated rings. The van der Waals surface area contributed by atoms with E-state index < -0.39 is 0 Å². The summed E-state index contributed by atoms with van der Waals surface area (Å²) in [6.45, 7) is 9.50. The highest BCUT2D eigenvalue weighted by atomic mass is 16.5. The van der Waals surface area contributed by atoms with Crippen molar-refractivity contribution in [3.63, 3.8) is 0 Å². The Hall–Kier alpha value is -2.17. The number of hydrogen-bond donors (Lipinski definition) is 1. The molecule has 0 bridgehead atoms. The number of nitrogens with zero attached hydrogens (tertiary/aromatic N) is 3. The summed E-state index contributed by atoms with van der Waals surface area (Å²) in [6, 6.07) is 6.63. The molecule has 0 radical (unpaired) electrons. The molecule has 0 saturated carbocycles. The summed E-state index contributed by atoms with van der Waals surface area (Å²) in [4.78, 5) is 13.2. The van der Waals surface area contributed by atoms with Crippen molar-refractivity contribution in [2.24, 2.45) is 0 Å². The molecule has 5 nitrogen and oxygen atoms in total. The monoisotopic (exact) mass is 286 g/mol. The van der Waals surface area contributed by atoms with Gasteiger partial charge in [-0.3, -0.25) is 0 Å². The van der Waals surface area contributed by atoms with E-state index in [1.165, 1.54) is 11.1 Å². The third-order valence-corrected chi connectivity index (χ3v) is 2.90. The lowest BCUT2D eigenvalue weighted by atomic mass is 10.1. The normalized spacial score (nSPS) is 10.5. The standard InChI is InChI=1S/C16H22N4O/c1-5-7-17-15-18-14(19-16(20-15)21-6-2)13-9-11(3)8-12(4)10-13/h8-10H,5-7H2,1-4H3,(H,17,18,19,20). The van der Waals surface area contributed by atoms with E-state index >= 15 is 0 Å². The van der Waals surface area contributed by atoms with Crippen LogP contribution < -0.4 is 10.1 Å². The van der Waals surface area contributed by atoms with E-state index in [9.17, 15) is 0 Å². The smallest absolute Gasteiger partial charge is 0.321 e. The van der Waals surface area contributed by atoms with Crippen molar-refractivity contribution in [2.75, 3.05) is 18.5 Å². The maximum Gasteiger partial charge on any atom is 0.321 e. The first-order valence-corrected chi connectivity index (χ1v) is 7.33. The van der Waals surface area contributed by atoms with E-state index in [1.807, 2.05) is 6.92 Å². The number of hydrogen-bond acceptors (Lipinski definition) is 5. The molecule has 112 valence electrons. The molecule has 5 heteroatoms. The van der Waals surface area contributed by atoms with Crippen LogP contribution in [0.5, 0.6) is 6.01 Å². The summed E-state index contributed by atoms with van der Waals surface area (Å²) < 4.78 is 5.45. The summed E-state index contributed by atoms with van der Waals surface area (Å²) in [5.74, 6) is 1.20. The fourth-order valence-corrected chi connectivity index (χ4v) is 2.10. The molecule has 0 aliphatic carbocycles. The van der Waals surface area contributed by atoms with Gasteiger partial charge >= 0.3 is 6.01 Å². The van der Waals surface area contributed by atoms with Crippen LogP contribution in [0.3, 0.4) is 0 Å². The van der Waals surface area contributed by atoms with E-state index in [4.69, 9.17) is 4.74 Å². The Morgan fingerprint density at radius 3 is 2.33 bits per heavy atom. The minimum atomic E-state index is 0.361. The van der Waals surface area contributed by atoms with E-state index in [0.717, 1.165) is 18.5 Å². The molecule has 0 amide bonds. The molecule has 0 spiro atoms. The lowest BCUT2D eigenvalue weighted by Crippen LogP contribution is -2.08. The van der Waals surface area contributed by atoms with Crippen molar-refractivity contribution in [1.29, 1.82) is 0 Å². The number of benzene rings is 1. The van der Waals surface area contributed by atoms with Gasteiger partial charge in [-0.25, -0.2) is 0 Å². The Morgan fingerprint density at radius 1 is 1.00 bits per heavy atom. The van der Waals surface area contributed by atoms with Gasteiger partial charge in [0.25, 0.3) is 0 Å². The molecule has 2 rings (SSSR count). The number of nitrogens with one attached hydrogen (secondary N) is 1. The molecule has 21 heavy (non-hydrogen) atoms. The van der Waals surface area contributed by atoms with Crippen LogP contribution in [0.4, 0.5) is 5.95 Å². The predicted octanol–water partition coefficient (Wildman–Crippen LogP) is 3.38. The zero-order valence-corrected chi connectivity index (χ0v) is 13.1. The lowest BCUT2D eigenvalue weighted by Gasteiger charge is -2.09. The maximum absolute atomic E-state index is 5.45. The number of rotatable bonds is 6. The largest absolute Gasteiger partial charge is 0.464 e. The molecule has 0 aliphatic heterocycles. The first-order chi connectivity index (χ1) is 10.1. The van der Waals surface area contributed by atoms with Crippen molar-refractivity contribution in [1.82, 2.24) is 15.0 Å². The number of aryl methyl sites for hydroxylation is 2. The first-order valence-electron chi connectivity index (χ1n) is 7.33. The summed E-state index contributed by atoms with van der Waals surface area (Å²) in [5, 5.41) is 3.19.